The van der Waals surface area contributed by atoms with Crippen LogP contribution < -0.4 is 4.74 Å². The molecule has 0 saturated carbocycles. The smallest absolute Gasteiger partial charge is 0.269 e. The van der Waals surface area contributed by atoms with Crippen LogP contribution in [0.25, 0.3) is 0 Å². The number of benzene rings is 2. The normalized spacial score (nSPS) is 17.0. The molecule has 0 N–H and O–H groups in total. The van der Waals surface area contributed by atoms with E-state index in [1.54, 1.807) is 30.1 Å². The largest absolute Gasteiger partial charge is 0.492 e. The summed E-state index contributed by atoms with van der Waals surface area (Å²) in [6.45, 7) is 2.16. The van der Waals surface area contributed by atoms with E-state index < -0.39 is 4.92 Å². The summed E-state index contributed by atoms with van der Waals surface area (Å²) >= 11 is 6.03. The maximum Gasteiger partial charge on any atom is 0.269 e. The number of ether oxygens (including phenoxy) is 1. The van der Waals surface area contributed by atoms with Crippen molar-refractivity contribution in [2.24, 2.45) is 5.92 Å². The fourth-order valence-corrected chi connectivity index (χ4v) is 3.32. The Morgan fingerprint density at radius 3 is 2.85 bits per heavy atom. The van der Waals surface area contributed by atoms with Gasteiger partial charge in [-0.1, -0.05) is 23.7 Å². The van der Waals surface area contributed by atoms with Crippen LogP contribution in [0.15, 0.2) is 42.5 Å². The highest BCUT2D eigenvalue weighted by Gasteiger charge is 2.30. The first-order valence-electron chi connectivity index (χ1n) is 8.29. The van der Waals surface area contributed by atoms with Gasteiger partial charge in [0, 0.05) is 24.2 Å². The molecule has 0 aliphatic carbocycles. The van der Waals surface area contributed by atoms with Crippen LogP contribution in [0.5, 0.6) is 5.75 Å². The van der Waals surface area contributed by atoms with Crippen LogP contribution in [0, 0.1) is 16.0 Å². The molecule has 3 rings (SSSR count). The van der Waals surface area contributed by atoms with Gasteiger partial charge >= 0.3 is 0 Å². The lowest BCUT2D eigenvalue weighted by Gasteiger charge is -2.31. The Labute approximate surface area is 156 Å². The zero-order valence-electron chi connectivity index (χ0n) is 14.5. The number of carbonyl (C=O) groups is 1. The fraction of sp³-hybridized carbons (Fsp3) is 0.316. The molecule has 1 heterocycles. The van der Waals surface area contributed by atoms with E-state index in [4.69, 9.17) is 16.3 Å². The van der Waals surface area contributed by atoms with E-state index >= 15 is 0 Å². The topological polar surface area (TPSA) is 72.7 Å². The predicted molar refractivity (Wildman–Crippen MR) is 98.4 cm³/mol. The summed E-state index contributed by atoms with van der Waals surface area (Å²) in [5.41, 5.74) is 1.65. The molecule has 1 aliphatic heterocycles. The van der Waals surface area contributed by atoms with Gasteiger partial charge in [0.1, 0.15) is 12.4 Å². The number of hydrogen-bond donors (Lipinski definition) is 0. The summed E-state index contributed by atoms with van der Waals surface area (Å²) in [6.07, 6.45) is 0.556. The van der Waals surface area contributed by atoms with Gasteiger partial charge in [-0.05, 0) is 42.7 Å². The SMILES string of the molecule is C[C@H](c1cccc([N+](=O)[O-])c1)N(C)C(=O)[C@H]1COc2ccc(Cl)cc2C1. The van der Waals surface area contributed by atoms with Crippen LogP contribution in [0.1, 0.15) is 24.1 Å². The van der Waals surface area contributed by atoms with E-state index in [9.17, 15) is 14.9 Å². The first-order chi connectivity index (χ1) is 12.4. The second-order valence-corrected chi connectivity index (χ2v) is 6.88. The van der Waals surface area contributed by atoms with Crippen LogP contribution in [0.3, 0.4) is 0 Å². The number of nitrogens with zero attached hydrogens (tertiary/aromatic N) is 2. The summed E-state index contributed by atoms with van der Waals surface area (Å²) in [6, 6.07) is 11.5. The minimum absolute atomic E-state index is 0.0137. The molecule has 2 aromatic rings. The van der Waals surface area contributed by atoms with E-state index in [1.807, 2.05) is 19.1 Å². The Kier molecular flexibility index (Phi) is 5.13. The third kappa shape index (κ3) is 3.65. The van der Waals surface area contributed by atoms with Crippen molar-refractivity contribution in [2.45, 2.75) is 19.4 Å². The Morgan fingerprint density at radius 2 is 2.12 bits per heavy atom. The van der Waals surface area contributed by atoms with Gasteiger partial charge in [0.2, 0.25) is 5.91 Å². The number of fused-ring (bicyclic) bond motifs is 1. The number of rotatable bonds is 4. The van der Waals surface area contributed by atoms with Gasteiger partial charge in [0.15, 0.2) is 0 Å². The summed E-state index contributed by atoms with van der Waals surface area (Å²) in [5, 5.41) is 11.6. The molecule has 26 heavy (non-hydrogen) atoms. The van der Waals surface area contributed by atoms with Crippen LogP contribution in [0.4, 0.5) is 5.69 Å². The Bertz CT molecular complexity index is 855. The molecule has 1 amide bonds. The lowest BCUT2D eigenvalue weighted by atomic mass is 9.94. The van der Waals surface area contributed by atoms with Crippen molar-refractivity contribution in [1.82, 2.24) is 4.90 Å². The molecular weight excluding hydrogens is 356 g/mol. The predicted octanol–water partition coefficient (Wildman–Crippen LogP) is 4.02. The first kappa shape index (κ1) is 18.2. The summed E-state index contributed by atoms with van der Waals surface area (Å²) in [4.78, 5) is 25.1. The van der Waals surface area contributed by atoms with Crippen LogP contribution in [-0.4, -0.2) is 29.4 Å². The monoisotopic (exact) mass is 374 g/mol. The van der Waals surface area contributed by atoms with Crippen molar-refractivity contribution >= 4 is 23.2 Å². The minimum atomic E-state index is -0.437. The van der Waals surface area contributed by atoms with Gasteiger partial charge in [-0.2, -0.15) is 0 Å². The highest BCUT2D eigenvalue weighted by molar-refractivity contribution is 6.30. The number of hydrogen-bond acceptors (Lipinski definition) is 4. The maximum atomic E-state index is 12.9. The standard InChI is InChI=1S/C19H19ClN2O4/c1-12(13-4-3-5-17(10-13)22(24)25)21(2)19(23)15-8-14-9-16(20)6-7-18(14)26-11-15/h3-7,9-10,12,15H,8,11H2,1-2H3/t12-,15-/m1/s1. The molecule has 0 bridgehead atoms. The highest BCUT2D eigenvalue weighted by atomic mass is 35.5. The maximum absolute atomic E-state index is 12.9. The first-order valence-corrected chi connectivity index (χ1v) is 8.67. The van der Waals surface area contributed by atoms with E-state index in [-0.39, 0.29) is 23.6 Å². The number of carbonyl (C=O) groups excluding carboxylic acids is 1. The molecule has 6 nitrogen and oxygen atoms in total. The van der Waals surface area contributed by atoms with Crippen molar-refractivity contribution in [1.29, 1.82) is 0 Å². The van der Waals surface area contributed by atoms with Crippen molar-refractivity contribution in [2.75, 3.05) is 13.7 Å². The molecule has 0 aromatic heterocycles. The summed E-state index contributed by atoms with van der Waals surface area (Å²) in [5.74, 6) is 0.384. The number of non-ortho nitro benzene ring substituents is 1. The molecule has 0 radical (unpaired) electrons. The number of amides is 1. The van der Waals surface area contributed by atoms with Crippen LogP contribution in [0.2, 0.25) is 5.02 Å². The highest BCUT2D eigenvalue weighted by Crippen LogP contribution is 2.32. The molecule has 1 aliphatic rings. The van der Waals surface area contributed by atoms with Gasteiger partial charge < -0.3 is 9.64 Å². The number of nitro groups is 1. The third-order valence-corrected chi connectivity index (χ3v) is 5.01. The van der Waals surface area contributed by atoms with Gasteiger partial charge in [-0.15, -0.1) is 0 Å². The average Bonchev–Trinajstić information content (AvgIpc) is 2.65. The van der Waals surface area contributed by atoms with E-state index in [0.29, 0.717) is 18.1 Å². The molecule has 0 spiro atoms. The van der Waals surface area contributed by atoms with E-state index in [0.717, 1.165) is 16.9 Å². The van der Waals surface area contributed by atoms with Crippen molar-refractivity contribution in [3.8, 4) is 5.75 Å². The summed E-state index contributed by atoms with van der Waals surface area (Å²) in [7, 11) is 1.71. The van der Waals surface area contributed by atoms with Gasteiger partial charge in [0.25, 0.3) is 5.69 Å². The van der Waals surface area contributed by atoms with E-state index in [1.165, 1.54) is 12.1 Å². The lowest BCUT2D eigenvalue weighted by Crippen LogP contribution is -2.39. The van der Waals surface area contributed by atoms with Crippen LogP contribution in [-0.2, 0) is 11.2 Å². The number of nitro benzene ring substituents is 1. The van der Waals surface area contributed by atoms with E-state index in [2.05, 4.69) is 0 Å². The molecule has 0 fully saturated rings. The molecule has 0 saturated heterocycles. The van der Waals surface area contributed by atoms with Crippen molar-refractivity contribution < 1.29 is 14.5 Å². The minimum Gasteiger partial charge on any atom is -0.492 e. The molecular formula is C19H19ClN2O4. The Balaban J connectivity index is 1.75. The molecule has 136 valence electrons. The van der Waals surface area contributed by atoms with Crippen molar-refractivity contribution in [3.05, 3.63) is 68.7 Å². The second kappa shape index (κ2) is 7.33. The molecule has 7 heteroatoms. The number of halogens is 1. The van der Waals surface area contributed by atoms with Crippen LogP contribution >= 0.6 is 11.6 Å². The fourth-order valence-electron chi connectivity index (χ4n) is 3.12. The summed E-state index contributed by atoms with van der Waals surface area (Å²) < 4.78 is 5.70. The molecule has 2 aromatic carbocycles. The average molecular weight is 375 g/mol. The molecule has 2 atom stereocenters. The van der Waals surface area contributed by atoms with Gasteiger partial charge in [0.05, 0.1) is 16.9 Å². The van der Waals surface area contributed by atoms with Crippen molar-refractivity contribution in [3.63, 3.8) is 0 Å². The third-order valence-electron chi connectivity index (χ3n) is 4.77. The van der Waals surface area contributed by atoms with Gasteiger partial charge in [-0.25, -0.2) is 0 Å². The zero-order chi connectivity index (χ0) is 18.8. The Morgan fingerprint density at radius 1 is 1.35 bits per heavy atom. The molecule has 0 unspecified atom stereocenters. The lowest BCUT2D eigenvalue weighted by molar-refractivity contribution is -0.384. The quantitative estimate of drug-likeness (QED) is 0.598. The second-order valence-electron chi connectivity index (χ2n) is 6.44. The Hall–Kier alpha value is -2.60. The zero-order valence-corrected chi connectivity index (χ0v) is 15.3. The van der Waals surface area contributed by atoms with Gasteiger partial charge in [-0.3, -0.25) is 14.9 Å².